The van der Waals surface area contributed by atoms with E-state index < -0.39 is 5.97 Å². The van der Waals surface area contributed by atoms with Crippen molar-refractivity contribution in [3.63, 3.8) is 0 Å². The smallest absolute Gasteiger partial charge is 0.337 e. The molecule has 90 valence electrons. The monoisotopic (exact) mass is 232 g/mol. The summed E-state index contributed by atoms with van der Waals surface area (Å²) in [6.45, 7) is 6.97. The topological polar surface area (TPSA) is 55.1 Å². The second kappa shape index (κ2) is 4.20. The zero-order valence-electron chi connectivity index (χ0n) is 10.3. The highest BCUT2D eigenvalue weighted by Gasteiger charge is 2.17. The lowest BCUT2D eigenvalue weighted by Crippen LogP contribution is -2.03. The standard InChI is InChI=1S/C13H16N2O2/c1-4-15-10-7-5-6-9(13(16)17)11(10)14-12(15)8(2)3/h5-8H,4H2,1-3H3,(H,16,17). The van der Waals surface area contributed by atoms with Gasteiger partial charge in [-0.05, 0) is 19.1 Å². The predicted molar refractivity (Wildman–Crippen MR) is 66.5 cm³/mol. The summed E-state index contributed by atoms with van der Waals surface area (Å²) in [5.74, 6) is 0.298. The van der Waals surface area contributed by atoms with Gasteiger partial charge in [-0.3, -0.25) is 0 Å². The van der Waals surface area contributed by atoms with Gasteiger partial charge in [-0.25, -0.2) is 9.78 Å². The Morgan fingerprint density at radius 1 is 1.47 bits per heavy atom. The number of nitrogens with zero attached hydrogens (tertiary/aromatic N) is 2. The summed E-state index contributed by atoms with van der Waals surface area (Å²) in [6.07, 6.45) is 0. The molecule has 0 atom stereocenters. The van der Waals surface area contributed by atoms with Crippen LogP contribution in [-0.2, 0) is 6.54 Å². The van der Waals surface area contributed by atoms with Gasteiger partial charge in [0, 0.05) is 12.5 Å². The molecule has 0 saturated carbocycles. The molecule has 0 aliphatic carbocycles. The van der Waals surface area contributed by atoms with Crippen molar-refractivity contribution in [2.24, 2.45) is 0 Å². The van der Waals surface area contributed by atoms with Crippen LogP contribution in [0.25, 0.3) is 11.0 Å². The van der Waals surface area contributed by atoms with E-state index in [1.807, 2.05) is 13.0 Å². The van der Waals surface area contributed by atoms with Crippen molar-refractivity contribution in [1.82, 2.24) is 9.55 Å². The summed E-state index contributed by atoms with van der Waals surface area (Å²) < 4.78 is 2.08. The van der Waals surface area contributed by atoms with Crippen LogP contribution in [0, 0.1) is 0 Å². The third kappa shape index (κ3) is 1.79. The first-order valence-corrected chi connectivity index (χ1v) is 5.78. The lowest BCUT2D eigenvalue weighted by Gasteiger charge is -2.08. The number of aromatic carboxylic acids is 1. The van der Waals surface area contributed by atoms with E-state index in [-0.39, 0.29) is 11.5 Å². The number of imidazole rings is 1. The number of fused-ring (bicyclic) bond motifs is 1. The SMILES string of the molecule is CCn1c(C(C)C)nc2c(C(=O)O)cccc21. The minimum absolute atomic E-state index is 0.275. The van der Waals surface area contributed by atoms with Gasteiger partial charge in [0.25, 0.3) is 0 Å². The molecule has 1 aromatic heterocycles. The Morgan fingerprint density at radius 3 is 2.71 bits per heavy atom. The molecule has 0 saturated heterocycles. The number of rotatable bonds is 3. The van der Waals surface area contributed by atoms with Gasteiger partial charge in [0.05, 0.1) is 11.1 Å². The quantitative estimate of drug-likeness (QED) is 0.885. The highest BCUT2D eigenvalue weighted by molar-refractivity contribution is 6.01. The fraction of sp³-hybridized carbons (Fsp3) is 0.385. The number of aryl methyl sites for hydroxylation is 1. The van der Waals surface area contributed by atoms with Gasteiger partial charge in [0.15, 0.2) is 0 Å². The van der Waals surface area contributed by atoms with E-state index in [1.165, 1.54) is 0 Å². The zero-order valence-corrected chi connectivity index (χ0v) is 10.3. The third-order valence-corrected chi connectivity index (χ3v) is 2.87. The first kappa shape index (κ1) is 11.6. The van der Waals surface area contributed by atoms with Crippen LogP contribution < -0.4 is 0 Å². The molecule has 2 aromatic rings. The minimum Gasteiger partial charge on any atom is -0.478 e. The van der Waals surface area contributed by atoms with E-state index in [1.54, 1.807) is 12.1 Å². The summed E-state index contributed by atoms with van der Waals surface area (Å²) >= 11 is 0. The van der Waals surface area contributed by atoms with Crippen LogP contribution >= 0.6 is 0 Å². The highest BCUT2D eigenvalue weighted by atomic mass is 16.4. The van der Waals surface area contributed by atoms with Crippen molar-refractivity contribution in [2.45, 2.75) is 33.2 Å². The van der Waals surface area contributed by atoms with Crippen molar-refractivity contribution in [2.75, 3.05) is 0 Å². The number of aromatic nitrogens is 2. The summed E-state index contributed by atoms with van der Waals surface area (Å²) in [4.78, 5) is 15.6. The van der Waals surface area contributed by atoms with E-state index in [9.17, 15) is 4.79 Å². The van der Waals surface area contributed by atoms with Crippen molar-refractivity contribution >= 4 is 17.0 Å². The Morgan fingerprint density at radius 2 is 2.18 bits per heavy atom. The van der Waals surface area contributed by atoms with E-state index in [2.05, 4.69) is 23.4 Å². The van der Waals surface area contributed by atoms with Gasteiger partial charge < -0.3 is 9.67 Å². The number of carboxylic acids is 1. The Kier molecular flexibility index (Phi) is 2.88. The summed E-state index contributed by atoms with van der Waals surface area (Å²) in [6, 6.07) is 5.29. The van der Waals surface area contributed by atoms with Gasteiger partial charge in [-0.2, -0.15) is 0 Å². The van der Waals surface area contributed by atoms with Gasteiger partial charge in [-0.15, -0.1) is 0 Å². The molecular formula is C13H16N2O2. The predicted octanol–water partition coefficient (Wildman–Crippen LogP) is 2.88. The number of carbonyl (C=O) groups is 1. The lowest BCUT2D eigenvalue weighted by atomic mass is 10.2. The molecule has 1 heterocycles. The van der Waals surface area contributed by atoms with Gasteiger partial charge in [-0.1, -0.05) is 19.9 Å². The molecule has 1 aromatic carbocycles. The van der Waals surface area contributed by atoms with Crippen molar-refractivity contribution in [3.8, 4) is 0 Å². The molecule has 0 bridgehead atoms. The Labute approximate surface area is 99.9 Å². The van der Waals surface area contributed by atoms with Crippen LogP contribution in [0.5, 0.6) is 0 Å². The Bertz CT molecular complexity index is 570. The van der Waals surface area contributed by atoms with E-state index in [0.29, 0.717) is 5.52 Å². The number of hydrogen-bond acceptors (Lipinski definition) is 2. The fourth-order valence-electron chi connectivity index (χ4n) is 2.11. The lowest BCUT2D eigenvalue weighted by molar-refractivity contribution is 0.0699. The maximum Gasteiger partial charge on any atom is 0.337 e. The van der Waals surface area contributed by atoms with Gasteiger partial charge >= 0.3 is 5.97 Å². The van der Waals surface area contributed by atoms with Gasteiger partial charge in [0.1, 0.15) is 11.3 Å². The molecule has 0 amide bonds. The molecule has 0 aliphatic rings. The second-order valence-electron chi connectivity index (χ2n) is 4.35. The molecule has 4 nitrogen and oxygen atoms in total. The molecular weight excluding hydrogens is 216 g/mol. The first-order chi connectivity index (χ1) is 8.06. The largest absolute Gasteiger partial charge is 0.478 e. The zero-order chi connectivity index (χ0) is 12.6. The molecule has 0 spiro atoms. The maximum absolute atomic E-state index is 11.1. The number of carboxylic acid groups (broad SMARTS) is 1. The average molecular weight is 232 g/mol. The van der Waals surface area contributed by atoms with Crippen molar-refractivity contribution in [1.29, 1.82) is 0 Å². The molecule has 2 rings (SSSR count). The van der Waals surface area contributed by atoms with Crippen LogP contribution in [0.15, 0.2) is 18.2 Å². The normalized spacial score (nSPS) is 11.3. The fourth-order valence-corrected chi connectivity index (χ4v) is 2.11. The van der Waals surface area contributed by atoms with E-state index in [0.717, 1.165) is 17.9 Å². The maximum atomic E-state index is 11.1. The van der Waals surface area contributed by atoms with Crippen molar-refractivity contribution < 1.29 is 9.90 Å². The minimum atomic E-state index is -0.924. The Balaban J connectivity index is 2.81. The number of benzene rings is 1. The molecule has 0 radical (unpaired) electrons. The van der Waals surface area contributed by atoms with Crippen LogP contribution in [0.4, 0.5) is 0 Å². The number of hydrogen-bond donors (Lipinski definition) is 1. The van der Waals surface area contributed by atoms with Crippen molar-refractivity contribution in [3.05, 3.63) is 29.6 Å². The van der Waals surface area contributed by atoms with Crippen LogP contribution in [-0.4, -0.2) is 20.6 Å². The summed E-state index contributed by atoms with van der Waals surface area (Å²) in [5, 5.41) is 9.15. The average Bonchev–Trinajstić information content (AvgIpc) is 2.66. The number of para-hydroxylation sites is 1. The molecule has 0 unspecified atom stereocenters. The third-order valence-electron chi connectivity index (χ3n) is 2.87. The van der Waals surface area contributed by atoms with Crippen LogP contribution in [0.3, 0.4) is 0 Å². The highest BCUT2D eigenvalue weighted by Crippen LogP contribution is 2.24. The molecule has 4 heteroatoms. The van der Waals surface area contributed by atoms with Crippen LogP contribution in [0.2, 0.25) is 0 Å². The second-order valence-corrected chi connectivity index (χ2v) is 4.35. The van der Waals surface area contributed by atoms with Gasteiger partial charge in [0.2, 0.25) is 0 Å². The Hall–Kier alpha value is -1.84. The van der Waals surface area contributed by atoms with Crippen LogP contribution in [0.1, 0.15) is 42.9 Å². The molecule has 17 heavy (non-hydrogen) atoms. The molecule has 0 aliphatic heterocycles. The molecule has 1 N–H and O–H groups in total. The first-order valence-electron chi connectivity index (χ1n) is 5.78. The molecule has 0 fully saturated rings. The summed E-state index contributed by atoms with van der Waals surface area (Å²) in [7, 11) is 0. The van der Waals surface area contributed by atoms with E-state index >= 15 is 0 Å². The van der Waals surface area contributed by atoms with E-state index in [4.69, 9.17) is 5.11 Å². The summed E-state index contributed by atoms with van der Waals surface area (Å²) in [5.41, 5.74) is 1.76.